The van der Waals surface area contributed by atoms with Gasteiger partial charge in [-0.15, -0.1) is 0 Å². The van der Waals surface area contributed by atoms with E-state index in [2.05, 4.69) is 20.9 Å². The first-order chi connectivity index (χ1) is 16.0. The van der Waals surface area contributed by atoms with Crippen molar-refractivity contribution in [3.63, 3.8) is 0 Å². The fourth-order valence-electron chi connectivity index (χ4n) is 4.67. The molecule has 0 radical (unpaired) electrons. The lowest BCUT2D eigenvalue weighted by molar-refractivity contribution is -0.118. The van der Waals surface area contributed by atoms with Crippen LogP contribution in [0.3, 0.4) is 0 Å². The van der Waals surface area contributed by atoms with Gasteiger partial charge in [-0.2, -0.15) is 0 Å². The van der Waals surface area contributed by atoms with Crippen LogP contribution in [-0.2, 0) is 14.8 Å². The van der Waals surface area contributed by atoms with E-state index in [-0.39, 0.29) is 16.8 Å². The van der Waals surface area contributed by atoms with E-state index in [1.807, 2.05) is 0 Å². The number of fused-ring (bicyclic) bond motifs is 2. The zero-order valence-electron chi connectivity index (χ0n) is 18.2. The predicted octanol–water partition coefficient (Wildman–Crippen LogP) is 2.62. The fourth-order valence-corrected chi connectivity index (χ4v) is 5.74. The lowest BCUT2D eigenvalue weighted by Gasteiger charge is -2.26. The largest absolute Gasteiger partial charge is 0.490 e. The molecule has 9 nitrogen and oxygen atoms in total. The average Bonchev–Trinajstić information content (AvgIpc) is 3.10. The maximum atomic E-state index is 12.9. The highest BCUT2D eigenvalue weighted by molar-refractivity contribution is 7.92. The number of carbonyl (C=O) groups is 1. The lowest BCUT2D eigenvalue weighted by atomic mass is 9.81. The molecule has 2 heterocycles. The summed E-state index contributed by atoms with van der Waals surface area (Å²) in [6.45, 7) is 1.01. The third kappa shape index (κ3) is 4.78. The minimum atomic E-state index is -3.81. The first kappa shape index (κ1) is 22.0. The molecule has 4 N–H and O–H groups in total. The van der Waals surface area contributed by atoms with Crippen LogP contribution in [0.1, 0.15) is 32.1 Å². The molecule has 1 amide bonds. The molecule has 0 aromatic heterocycles. The number of ether oxygens (including phenoxy) is 2. The summed E-state index contributed by atoms with van der Waals surface area (Å²) >= 11 is 0. The highest BCUT2D eigenvalue weighted by Gasteiger charge is 2.40. The normalized spacial score (nSPS) is 24.4. The Bertz CT molecular complexity index is 1120. The van der Waals surface area contributed by atoms with Crippen LogP contribution in [0, 0.1) is 5.92 Å². The van der Waals surface area contributed by atoms with Gasteiger partial charge in [0.2, 0.25) is 5.91 Å². The summed E-state index contributed by atoms with van der Waals surface area (Å²) in [5.41, 5.74) is 7.38. The van der Waals surface area contributed by atoms with Gasteiger partial charge in [0.05, 0.1) is 18.1 Å². The van der Waals surface area contributed by atoms with Crippen molar-refractivity contribution in [1.82, 2.24) is 10.9 Å². The number of rotatable bonds is 5. The Labute approximate surface area is 193 Å². The summed E-state index contributed by atoms with van der Waals surface area (Å²) in [7, 11) is -3.81. The van der Waals surface area contributed by atoms with Crippen LogP contribution in [0.4, 0.5) is 11.4 Å². The predicted molar refractivity (Wildman–Crippen MR) is 124 cm³/mol. The standard InChI is InChI=1S/C23H28N4O5S/c28-23(22-18-4-1-2-5-19(18)25-26-22)24-15-6-8-16(9-7-15)27-33(29,30)17-10-11-20-21(14-17)32-13-3-12-31-20/h6-11,14,18-19,22,25-27H,1-5,12-13H2,(H,24,28). The lowest BCUT2D eigenvalue weighted by Crippen LogP contribution is -2.42. The molecule has 33 heavy (non-hydrogen) atoms. The minimum absolute atomic E-state index is 0.0857. The van der Waals surface area contributed by atoms with Crippen molar-refractivity contribution in [2.45, 2.75) is 49.1 Å². The first-order valence-electron chi connectivity index (χ1n) is 11.3. The smallest absolute Gasteiger partial charge is 0.262 e. The van der Waals surface area contributed by atoms with Crippen molar-refractivity contribution >= 4 is 27.3 Å². The minimum Gasteiger partial charge on any atom is -0.490 e. The van der Waals surface area contributed by atoms with E-state index in [9.17, 15) is 13.2 Å². The van der Waals surface area contributed by atoms with E-state index in [1.165, 1.54) is 18.6 Å². The molecule has 1 saturated heterocycles. The molecule has 3 aliphatic rings. The quantitative estimate of drug-likeness (QED) is 0.528. The molecule has 2 fully saturated rings. The number of nitrogens with one attached hydrogen (secondary N) is 4. The molecule has 2 aliphatic heterocycles. The van der Waals surface area contributed by atoms with Crippen LogP contribution < -0.4 is 30.4 Å². The molecule has 2 aromatic rings. The van der Waals surface area contributed by atoms with E-state index >= 15 is 0 Å². The highest BCUT2D eigenvalue weighted by Crippen LogP contribution is 2.33. The molecule has 5 rings (SSSR count). The van der Waals surface area contributed by atoms with Gasteiger partial charge in [-0.05, 0) is 49.2 Å². The molecule has 176 valence electrons. The van der Waals surface area contributed by atoms with Crippen LogP contribution >= 0.6 is 0 Å². The topological polar surface area (TPSA) is 118 Å². The molecule has 2 aromatic carbocycles. The molecular formula is C23H28N4O5S. The van der Waals surface area contributed by atoms with E-state index in [1.54, 1.807) is 30.3 Å². The monoisotopic (exact) mass is 472 g/mol. The maximum Gasteiger partial charge on any atom is 0.262 e. The number of hydrogen-bond acceptors (Lipinski definition) is 7. The average molecular weight is 473 g/mol. The van der Waals surface area contributed by atoms with Crippen LogP contribution in [0.5, 0.6) is 11.5 Å². The Kier molecular flexibility index (Phi) is 6.13. The molecule has 0 bridgehead atoms. The van der Waals surface area contributed by atoms with E-state index in [0.29, 0.717) is 48.0 Å². The Morgan fingerprint density at radius 3 is 2.42 bits per heavy atom. The molecule has 1 aliphatic carbocycles. The molecular weight excluding hydrogens is 444 g/mol. The van der Waals surface area contributed by atoms with Crippen LogP contribution in [0.15, 0.2) is 47.4 Å². The van der Waals surface area contributed by atoms with Gasteiger partial charge in [0.25, 0.3) is 10.0 Å². The molecule has 1 saturated carbocycles. The number of benzene rings is 2. The summed E-state index contributed by atoms with van der Waals surface area (Å²) in [4.78, 5) is 12.9. The van der Waals surface area contributed by atoms with E-state index in [0.717, 1.165) is 25.7 Å². The van der Waals surface area contributed by atoms with Crippen molar-refractivity contribution in [1.29, 1.82) is 0 Å². The van der Waals surface area contributed by atoms with E-state index < -0.39 is 10.0 Å². The molecule has 3 atom stereocenters. The van der Waals surface area contributed by atoms with Gasteiger partial charge in [0, 0.05) is 35.8 Å². The number of sulfonamides is 1. The van der Waals surface area contributed by atoms with Crippen LogP contribution in [0.2, 0.25) is 0 Å². The van der Waals surface area contributed by atoms with Gasteiger partial charge in [-0.3, -0.25) is 14.9 Å². The summed E-state index contributed by atoms with van der Waals surface area (Å²) in [5, 5.41) is 2.93. The van der Waals surface area contributed by atoms with E-state index in [4.69, 9.17) is 9.47 Å². The summed E-state index contributed by atoms with van der Waals surface area (Å²) in [6, 6.07) is 11.3. The third-order valence-corrected chi connectivity index (χ3v) is 7.77. The summed E-state index contributed by atoms with van der Waals surface area (Å²) < 4.78 is 39.4. The third-order valence-electron chi connectivity index (χ3n) is 6.39. The Morgan fingerprint density at radius 2 is 1.61 bits per heavy atom. The van der Waals surface area contributed by atoms with Gasteiger partial charge in [-0.1, -0.05) is 12.8 Å². The summed E-state index contributed by atoms with van der Waals surface area (Å²) in [6.07, 6.45) is 5.19. The van der Waals surface area contributed by atoms with Crippen molar-refractivity contribution in [3.8, 4) is 11.5 Å². The highest BCUT2D eigenvalue weighted by atomic mass is 32.2. The Hall–Kier alpha value is -2.82. The number of amides is 1. The number of anilines is 2. The Balaban J connectivity index is 1.23. The fraction of sp³-hybridized carbons (Fsp3) is 0.435. The second kappa shape index (κ2) is 9.20. The SMILES string of the molecule is O=C(Nc1ccc(NS(=O)(=O)c2ccc3c(c2)OCCCO3)cc1)C1NNC2CCCCC21. The van der Waals surface area contributed by atoms with Crippen molar-refractivity contribution in [2.75, 3.05) is 23.3 Å². The van der Waals surface area contributed by atoms with Crippen LogP contribution in [0.25, 0.3) is 0 Å². The second-order valence-electron chi connectivity index (χ2n) is 8.65. The van der Waals surface area contributed by atoms with Gasteiger partial charge in [0.1, 0.15) is 6.04 Å². The zero-order chi connectivity index (χ0) is 22.8. The van der Waals surface area contributed by atoms with Crippen LogP contribution in [-0.4, -0.2) is 39.6 Å². The molecule has 10 heteroatoms. The number of hydrogen-bond donors (Lipinski definition) is 4. The van der Waals surface area contributed by atoms with Gasteiger partial charge < -0.3 is 14.8 Å². The molecule has 3 unspecified atom stereocenters. The molecule has 0 spiro atoms. The van der Waals surface area contributed by atoms with Gasteiger partial charge in [0.15, 0.2) is 11.5 Å². The number of hydrazine groups is 1. The first-order valence-corrected chi connectivity index (χ1v) is 12.8. The van der Waals surface area contributed by atoms with Gasteiger partial charge >= 0.3 is 0 Å². The number of carbonyl (C=O) groups excluding carboxylic acids is 1. The van der Waals surface area contributed by atoms with Crippen molar-refractivity contribution in [2.24, 2.45) is 5.92 Å². The zero-order valence-corrected chi connectivity index (χ0v) is 19.0. The van der Waals surface area contributed by atoms with Crippen molar-refractivity contribution < 1.29 is 22.7 Å². The summed E-state index contributed by atoms with van der Waals surface area (Å²) in [5.74, 6) is 1.17. The Morgan fingerprint density at radius 1 is 0.879 bits per heavy atom. The second-order valence-corrected chi connectivity index (χ2v) is 10.3. The maximum absolute atomic E-state index is 12.9. The van der Waals surface area contributed by atoms with Crippen molar-refractivity contribution in [3.05, 3.63) is 42.5 Å². The van der Waals surface area contributed by atoms with Gasteiger partial charge in [-0.25, -0.2) is 13.8 Å².